The van der Waals surface area contributed by atoms with Crippen molar-refractivity contribution in [1.82, 2.24) is 4.31 Å². The predicted octanol–water partition coefficient (Wildman–Crippen LogP) is 2.52. The van der Waals surface area contributed by atoms with Crippen molar-refractivity contribution in [2.75, 3.05) is 25.0 Å². The summed E-state index contributed by atoms with van der Waals surface area (Å²) in [5.74, 6) is 0. The topological polar surface area (TPSA) is 113 Å². The van der Waals surface area contributed by atoms with E-state index in [2.05, 4.69) is 5.32 Å². The lowest BCUT2D eigenvalue weighted by Crippen LogP contribution is -2.27. The zero-order valence-corrected chi connectivity index (χ0v) is 15.4. The number of benzene rings is 2. The van der Waals surface area contributed by atoms with Crippen LogP contribution in [-0.2, 0) is 10.0 Å². The van der Waals surface area contributed by atoms with E-state index in [1.807, 2.05) is 6.07 Å². The molecule has 1 saturated heterocycles. The molecule has 0 amide bonds. The first-order valence-corrected chi connectivity index (χ1v) is 10.1. The van der Waals surface area contributed by atoms with Gasteiger partial charge in [-0.25, -0.2) is 8.42 Å². The van der Waals surface area contributed by atoms with E-state index >= 15 is 0 Å². The van der Waals surface area contributed by atoms with Crippen LogP contribution in [0.3, 0.4) is 0 Å². The summed E-state index contributed by atoms with van der Waals surface area (Å²) in [6.45, 7) is 0.919. The van der Waals surface area contributed by atoms with Gasteiger partial charge in [0.25, 0.3) is 5.69 Å². The number of nitro benzene ring substituents is 1. The van der Waals surface area contributed by atoms with E-state index in [4.69, 9.17) is 0 Å². The number of anilines is 1. The quantitative estimate of drug-likeness (QED) is 0.554. The molecule has 9 heteroatoms. The molecule has 0 bridgehead atoms. The average molecular weight is 391 g/mol. The zero-order valence-electron chi connectivity index (χ0n) is 14.6. The van der Waals surface area contributed by atoms with Crippen molar-refractivity contribution in [3.63, 3.8) is 0 Å². The molecule has 3 rings (SSSR count). The maximum absolute atomic E-state index is 12.6. The number of rotatable bonds is 7. The average Bonchev–Trinajstić information content (AvgIpc) is 3.22. The summed E-state index contributed by atoms with van der Waals surface area (Å²) in [7, 11) is -3.73. The highest BCUT2D eigenvalue weighted by atomic mass is 32.2. The lowest BCUT2D eigenvalue weighted by molar-refractivity contribution is -0.384. The van der Waals surface area contributed by atoms with Crippen molar-refractivity contribution in [2.24, 2.45) is 0 Å². The number of hydrogen-bond donors (Lipinski definition) is 2. The molecule has 1 heterocycles. The Kier molecular flexibility index (Phi) is 5.73. The summed E-state index contributed by atoms with van der Waals surface area (Å²) in [6.07, 6.45) is 0.732. The maximum atomic E-state index is 12.6. The monoisotopic (exact) mass is 391 g/mol. The third-order valence-electron chi connectivity index (χ3n) is 4.54. The van der Waals surface area contributed by atoms with E-state index in [0.29, 0.717) is 18.7 Å². The molecule has 1 fully saturated rings. The van der Waals surface area contributed by atoms with Crippen molar-refractivity contribution in [3.05, 3.63) is 64.2 Å². The molecule has 0 aliphatic carbocycles. The highest BCUT2D eigenvalue weighted by molar-refractivity contribution is 7.89. The van der Waals surface area contributed by atoms with E-state index < -0.39 is 21.1 Å². The van der Waals surface area contributed by atoms with Crippen LogP contribution >= 0.6 is 0 Å². The Hall–Kier alpha value is -2.49. The smallest absolute Gasteiger partial charge is 0.293 e. The Morgan fingerprint density at radius 1 is 1.15 bits per heavy atom. The van der Waals surface area contributed by atoms with Crippen molar-refractivity contribution < 1.29 is 18.4 Å². The molecule has 144 valence electrons. The molecule has 0 saturated carbocycles. The summed E-state index contributed by atoms with van der Waals surface area (Å²) in [5, 5.41) is 24.5. The van der Waals surface area contributed by atoms with Crippen LogP contribution in [0.4, 0.5) is 11.4 Å². The number of nitro groups is 1. The van der Waals surface area contributed by atoms with Crippen LogP contribution < -0.4 is 5.32 Å². The zero-order chi connectivity index (χ0) is 19.4. The third-order valence-corrected chi connectivity index (χ3v) is 6.43. The van der Waals surface area contributed by atoms with Gasteiger partial charge in [-0.1, -0.05) is 30.3 Å². The van der Waals surface area contributed by atoms with Gasteiger partial charge in [-0.3, -0.25) is 10.1 Å². The predicted molar refractivity (Wildman–Crippen MR) is 101 cm³/mol. The van der Waals surface area contributed by atoms with Gasteiger partial charge in [-0.05, 0) is 30.5 Å². The van der Waals surface area contributed by atoms with Crippen molar-refractivity contribution in [2.45, 2.75) is 23.8 Å². The molecule has 1 aliphatic rings. The van der Waals surface area contributed by atoms with Crippen LogP contribution in [0, 0.1) is 10.1 Å². The SMILES string of the molecule is O=[N+]([O-])c1cc(S(=O)(=O)N2CCCC2)ccc1NC[C@H](O)c1ccccc1. The lowest BCUT2D eigenvalue weighted by Gasteiger charge is -2.17. The van der Waals surface area contributed by atoms with Gasteiger partial charge in [-0.2, -0.15) is 4.31 Å². The Labute approximate surface area is 157 Å². The van der Waals surface area contributed by atoms with Gasteiger partial charge >= 0.3 is 0 Å². The molecule has 27 heavy (non-hydrogen) atoms. The molecule has 0 aromatic heterocycles. The second kappa shape index (κ2) is 8.03. The summed E-state index contributed by atoms with van der Waals surface area (Å²) >= 11 is 0. The second-order valence-electron chi connectivity index (χ2n) is 6.35. The van der Waals surface area contributed by atoms with Gasteiger partial charge in [0.2, 0.25) is 10.0 Å². The summed E-state index contributed by atoms with van der Waals surface area (Å²) in [5.41, 5.74) is 0.506. The molecule has 0 radical (unpaired) electrons. The van der Waals surface area contributed by atoms with Crippen LogP contribution in [0.5, 0.6) is 0 Å². The molecule has 0 spiro atoms. The van der Waals surface area contributed by atoms with E-state index in [-0.39, 0.29) is 22.8 Å². The molecule has 2 N–H and O–H groups in total. The van der Waals surface area contributed by atoms with Crippen molar-refractivity contribution in [3.8, 4) is 0 Å². The van der Waals surface area contributed by atoms with E-state index in [9.17, 15) is 23.6 Å². The third kappa shape index (κ3) is 4.26. The van der Waals surface area contributed by atoms with Gasteiger partial charge in [0.15, 0.2) is 0 Å². The fourth-order valence-electron chi connectivity index (χ4n) is 3.05. The van der Waals surface area contributed by atoms with Gasteiger partial charge in [0.05, 0.1) is 15.9 Å². The first kappa shape index (κ1) is 19.3. The number of aliphatic hydroxyl groups is 1. The molecular formula is C18H21N3O5S. The largest absolute Gasteiger partial charge is 0.387 e. The molecular weight excluding hydrogens is 370 g/mol. The Morgan fingerprint density at radius 3 is 2.44 bits per heavy atom. The van der Waals surface area contributed by atoms with Crippen molar-refractivity contribution >= 4 is 21.4 Å². The minimum atomic E-state index is -3.73. The first-order chi connectivity index (χ1) is 12.9. The maximum Gasteiger partial charge on any atom is 0.293 e. The number of sulfonamides is 1. The number of nitrogens with zero attached hydrogens (tertiary/aromatic N) is 2. The van der Waals surface area contributed by atoms with Crippen LogP contribution in [0.25, 0.3) is 0 Å². The van der Waals surface area contributed by atoms with E-state index in [1.165, 1.54) is 16.4 Å². The lowest BCUT2D eigenvalue weighted by atomic mass is 10.1. The normalized spacial score (nSPS) is 16.2. The summed E-state index contributed by atoms with van der Waals surface area (Å²) < 4.78 is 26.6. The highest BCUT2D eigenvalue weighted by Gasteiger charge is 2.29. The first-order valence-electron chi connectivity index (χ1n) is 8.65. The fraction of sp³-hybridized carbons (Fsp3) is 0.333. The summed E-state index contributed by atoms with van der Waals surface area (Å²) in [4.78, 5) is 10.7. The number of nitrogens with one attached hydrogen (secondary N) is 1. The molecule has 2 aromatic rings. The standard InChI is InChI=1S/C18H21N3O5S/c22-18(14-6-2-1-3-7-14)13-19-16-9-8-15(12-17(16)21(23)24)27(25,26)20-10-4-5-11-20/h1-3,6-9,12,18-19,22H,4-5,10-11,13H2/t18-/m0/s1. The molecule has 1 atom stereocenters. The Morgan fingerprint density at radius 2 is 1.81 bits per heavy atom. The van der Waals surface area contributed by atoms with Crippen LogP contribution in [-0.4, -0.2) is 42.4 Å². The van der Waals surface area contributed by atoms with Gasteiger partial charge in [-0.15, -0.1) is 0 Å². The molecule has 0 unspecified atom stereocenters. The highest BCUT2D eigenvalue weighted by Crippen LogP contribution is 2.30. The Bertz CT molecular complexity index is 912. The number of hydrogen-bond acceptors (Lipinski definition) is 6. The molecule has 2 aromatic carbocycles. The molecule has 1 aliphatic heterocycles. The Balaban J connectivity index is 1.81. The van der Waals surface area contributed by atoms with E-state index in [0.717, 1.165) is 18.9 Å². The van der Waals surface area contributed by atoms with Gasteiger partial charge in [0, 0.05) is 25.7 Å². The van der Waals surface area contributed by atoms with Gasteiger partial charge < -0.3 is 10.4 Å². The van der Waals surface area contributed by atoms with Crippen molar-refractivity contribution in [1.29, 1.82) is 0 Å². The second-order valence-corrected chi connectivity index (χ2v) is 8.29. The van der Waals surface area contributed by atoms with Gasteiger partial charge in [0.1, 0.15) is 5.69 Å². The van der Waals surface area contributed by atoms with Crippen LogP contribution in [0.2, 0.25) is 0 Å². The number of aliphatic hydroxyl groups excluding tert-OH is 1. The fourth-order valence-corrected chi connectivity index (χ4v) is 4.59. The van der Waals surface area contributed by atoms with Crippen LogP contribution in [0.1, 0.15) is 24.5 Å². The minimum absolute atomic E-state index is 0.0586. The van der Waals surface area contributed by atoms with E-state index in [1.54, 1.807) is 24.3 Å². The van der Waals surface area contributed by atoms with Crippen LogP contribution in [0.15, 0.2) is 53.4 Å². The minimum Gasteiger partial charge on any atom is -0.387 e. The molecule has 8 nitrogen and oxygen atoms in total. The summed E-state index contributed by atoms with van der Waals surface area (Å²) in [6, 6.07) is 12.7.